The summed E-state index contributed by atoms with van der Waals surface area (Å²) in [7, 11) is 0. The first-order valence-corrected chi connectivity index (χ1v) is 6.84. The van der Waals surface area contributed by atoms with Gasteiger partial charge in [0, 0.05) is 17.2 Å². The number of thioether (sulfide) groups is 1. The summed E-state index contributed by atoms with van der Waals surface area (Å²) < 4.78 is 27.0. The number of halogens is 2. The first-order chi connectivity index (χ1) is 9.32. The lowest BCUT2D eigenvalue weighted by molar-refractivity contribution is 0.387. The average molecular weight is 294 g/mol. The van der Waals surface area contributed by atoms with E-state index in [1.165, 1.54) is 17.8 Å². The number of hydrogen-bond donors (Lipinski definition) is 2. The van der Waals surface area contributed by atoms with E-state index in [9.17, 15) is 14.0 Å². The molecule has 1 aliphatic carbocycles. The normalized spacial score (nSPS) is 34.9. The zero-order valence-electron chi connectivity index (χ0n) is 10.7. The number of hydrogen-bond acceptors (Lipinski definition) is 5. The third-order valence-corrected chi connectivity index (χ3v) is 5.21. The zero-order valence-corrected chi connectivity index (χ0v) is 11.5. The number of benzene rings is 1. The van der Waals surface area contributed by atoms with E-state index in [0.717, 1.165) is 6.07 Å². The molecule has 4 N–H and O–H groups in total. The fraction of sp³-hybridized carbons (Fsp3) is 0.385. The largest absolute Gasteiger partial charge is 0.399 e. The predicted molar refractivity (Wildman–Crippen MR) is 73.8 cm³/mol. The topological polar surface area (TPSA) is 88.2 Å². The van der Waals surface area contributed by atoms with Gasteiger partial charge in [0.1, 0.15) is 4.75 Å². The molecule has 1 saturated carbocycles. The van der Waals surface area contributed by atoms with Gasteiger partial charge in [-0.3, -0.25) is 4.99 Å². The highest BCUT2D eigenvalue weighted by atomic mass is 32.2. The van der Waals surface area contributed by atoms with Crippen LogP contribution < -0.4 is 11.5 Å². The number of nitriles is 1. The van der Waals surface area contributed by atoms with Crippen LogP contribution in [0.5, 0.6) is 0 Å². The Labute approximate surface area is 118 Å². The minimum atomic E-state index is -1.06. The first-order valence-electron chi connectivity index (χ1n) is 6.03. The summed E-state index contributed by atoms with van der Waals surface area (Å²) in [5.41, 5.74) is 10.5. The summed E-state index contributed by atoms with van der Waals surface area (Å²) in [6.07, 6.45) is 0.546. The molecule has 1 aromatic rings. The summed E-state index contributed by atoms with van der Waals surface area (Å²) in [5, 5.41) is 9.51. The van der Waals surface area contributed by atoms with Gasteiger partial charge in [0.2, 0.25) is 0 Å². The van der Waals surface area contributed by atoms with Crippen molar-refractivity contribution in [2.75, 3.05) is 5.73 Å². The smallest absolute Gasteiger partial charge is 0.164 e. The van der Waals surface area contributed by atoms with Crippen LogP contribution in [0, 0.1) is 28.9 Å². The highest BCUT2D eigenvalue weighted by Gasteiger charge is 2.67. The second kappa shape index (κ2) is 3.85. The van der Waals surface area contributed by atoms with Gasteiger partial charge in [-0.15, -0.1) is 0 Å². The van der Waals surface area contributed by atoms with Gasteiger partial charge in [0.25, 0.3) is 0 Å². The van der Waals surface area contributed by atoms with Gasteiger partial charge in [-0.05, 0) is 25.5 Å². The fourth-order valence-electron chi connectivity index (χ4n) is 2.90. The molecule has 104 valence electrons. The lowest BCUT2D eigenvalue weighted by atomic mass is 9.85. The molecule has 0 bridgehead atoms. The van der Waals surface area contributed by atoms with Gasteiger partial charge >= 0.3 is 0 Å². The third-order valence-electron chi connectivity index (χ3n) is 4.00. The number of fused-ring (bicyclic) bond motifs is 1. The van der Waals surface area contributed by atoms with Crippen molar-refractivity contribution in [3.63, 3.8) is 0 Å². The molecule has 1 aliphatic heterocycles. The van der Waals surface area contributed by atoms with Crippen LogP contribution in [0.1, 0.15) is 18.9 Å². The van der Waals surface area contributed by atoms with Crippen molar-refractivity contribution >= 4 is 22.6 Å². The van der Waals surface area contributed by atoms with Gasteiger partial charge in [0.15, 0.2) is 16.8 Å². The molecular weight excluding hydrogens is 282 g/mol. The van der Waals surface area contributed by atoms with Crippen molar-refractivity contribution in [3.8, 4) is 6.07 Å². The second-order valence-corrected chi connectivity index (χ2v) is 6.67. The third kappa shape index (κ3) is 1.61. The summed E-state index contributed by atoms with van der Waals surface area (Å²) in [5.74, 6) is -2.20. The minimum Gasteiger partial charge on any atom is -0.399 e. The van der Waals surface area contributed by atoms with Crippen molar-refractivity contribution in [2.24, 2.45) is 16.6 Å². The molecule has 3 rings (SSSR count). The molecule has 2 aliphatic rings. The molecule has 3 atom stereocenters. The Bertz CT molecular complexity index is 684. The van der Waals surface area contributed by atoms with E-state index in [1.807, 2.05) is 0 Å². The Morgan fingerprint density at radius 1 is 1.45 bits per heavy atom. The maximum atomic E-state index is 14.1. The van der Waals surface area contributed by atoms with E-state index in [2.05, 4.69) is 11.1 Å². The lowest BCUT2D eigenvalue weighted by Crippen LogP contribution is -2.35. The van der Waals surface area contributed by atoms with Crippen molar-refractivity contribution in [3.05, 3.63) is 29.3 Å². The van der Waals surface area contributed by atoms with Crippen molar-refractivity contribution in [2.45, 2.75) is 23.6 Å². The first kappa shape index (κ1) is 13.2. The molecule has 3 unspecified atom stereocenters. The molecule has 1 heterocycles. The summed E-state index contributed by atoms with van der Waals surface area (Å²) in [4.78, 5) is 4.29. The monoisotopic (exact) mass is 294 g/mol. The molecule has 7 heteroatoms. The van der Waals surface area contributed by atoms with Crippen molar-refractivity contribution < 1.29 is 8.78 Å². The Morgan fingerprint density at radius 3 is 2.80 bits per heavy atom. The molecule has 1 aromatic carbocycles. The van der Waals surface area contributed by atoms with Crippen LogP contribution in [0.15, 0.2) is 17.1 Å². The SMILES string of the molecule is CC1(c2cc(N)cc(F)c2F)N=C(N)SC2(C#N)CC21. The van der Waals surface area contributed by atoms with Gasteiger partial charge in [-0.25, -0.2) is 8.78 Å². The van der Waals surface area contributed by atoms with Gasteiger partial charge in [-0.1, -0.05) is 11.8 Å². The molecular formula is C13H12F2N4S. The Hall–Kier alpha value is -1.81. The number of nitrogen functional groups attached to an aromatic ring is 1. The Kier molecular flexibility index (Phi) is 2.54. The lowest BCUT2D eigenvalue weighted by Gasteiger charge is -2.32. The number of aliphatic imine (C=N–C) groups is 1. The van der Waals surface area contributed by atoms with Crippen LogP contribution >= 0.6 is 11.8 Å². The van der Waals surface area contributed by atoms with E-state index in [0.29, 0.717) is 6.42 Å². The van der Waals surface area contributed by atoms with Crippen LogP contribution in [-0.2, 0) is 5.54 Å². The maximum absolute atomic E-state index is 14.1. The maximum Gasteiger partial charge on any atom is 0.164 e. The number of anilines is 1. The summed E-state index contributed by atoms with van der Waals surface area (Å²) in [6.45, 7) is 1.67. The minimum absolute atomic E-state index is 0.0559. The molecule has 0 spiro atoms. The quantitative estimate of drug-likeness (QED) is 0.776. The standard InChI is InChI=1S/C13H12F2N4S/c1-12(7-2-6(17)3-8(14)10(7)15)9-4-13(9,5-16)20-11(18)19-12/h2-3,9H,4,17H2,1H3,(H2,18,19). The van der Waals surface area contributed by atoms with E-state index >= 15 is 0 Å². The predicted octanol–water partition coefficient (Wildman–Crippen LogP) is 2.11. The van der Waals surface area contributed by atoms with Gasteiger partial charge < -0.3 is 11.5 Å². The summed E-state index contributed by atoms with van der Waals surface area (Å²) in [6, 6.07) is 4.51. The highest BCUT2D eigenvalue weighted by Crippen LogP contribution is 2.65. The van der Waals surface area contributed by atoms with Crippen molar-refractivity contribution in [1.29, 1.82) is 5.26 Å². The molecule has 0 saturated heterocycles. The zero-order chi connectivity index (χ0) is 14.7. The number of nitrogens with two attached hydrogens (primary N) is 2. The summed E-state index contributed by atoms with van der Waals surface area (Å²) >= 11 is 1.19. The Morgan fingerprint density at radius 2 is 2.15 bits per heavy atom. The Balaban J connectivity index is 2.19. The van der Waals surface area contributed by atoms with E-state index < -0.39 is 21.9 Å². The number of rotatable bonds is 1. The van der Waals surface area contributed by atoms with Crippen LogP contribution in [0.4, 0.5) is 14.5 Å². The second-order valence-electron chi connectivity index (χ2n) is 5.32. The molecule has 20 heavy (non-hydrogen) atoms. The molecule has 0 radical (unpaired) electrons. The van der Waals surface area contributed by atoms with Gasteiger partial charge in [-0.2, -0.15) is 5.26 Å². The van der Waals surface area contributed by atoms with E-state index in [4.69, 9.17) is 11.5 Å². The van der Waals surface area contributed by atoms with E-state index in [-0.39, 0.29) is 22.3 Å². The number of nitrogens with zero attached hydrogens (tertiary/aromatic N) is 2. The van der Waals surface area contributed by atoms with Crippen LogP contribution in [0.3, 0.4) is 0 Å². The van der Waals surface area contributed by atoms with Gasteiger partial charge in [0.05, 0.1) is 11.6 Å². The highest BCUT2D eigenvalue weighted by molar-refractivity contribution is 8.15. The molecule has 0 aromatic heterocycles. The van der Waals surface area contributed by atoms with Crippen LogP contribution in [-0.4, -0.2) is 9.91 Å². The average Bonchev–Trinajstić information content (AvgIpc) is 3.09. The van der Waals surface area contributed by atoms with E-state index in [1.54, 1.807) is 6.92 Å². The molecule has 0 amide bonds. The molecule has 1 fully saturated rings. The number of amidine groups is 1. The van der Waals surface area contributed by atoms with Crippen LogP contribution in [0.2, 0.25) is 0 Å². The van der Waals surface area contributed by atoms with Crippen molar-refractivity contribution in [1.82, 2.24) is 0 Å². The molecule has 4 nitrogen and oxygen atoms in total. The fourth-order valence-corrected chi connectivity index (χ4v) is 4.17. The van der Waals surface area contributed by atoms with Crippen LogP contribution in [0.25, 0.3) is 0 Å².